The molecule has 0 aliphatic rings. The van der Waals surface area contributed by atoms with Crippen molar-refractivity contribution in [2.45, 2.75) is 33.2 Å². The molecule has 0 aliphatic carbocycles. The third-order valence-electron chi connectivity index (χ3n) is 3.84. The van der Waals surface area contributed by atoms with Crippen molar-refractivity contribution in [3.8, 4) is 0 Å². The van der Waals surface area contributed by atoms with Gasteiger partial charge in [-0.15, -0.1) is 0 Å². The molecule has 2 aromatic rings. The van der Waals surface area contributed by atoms with Crippen molar-refractivity contribution in [1.29, 1.82) is 0 Å². The van der Waals surface area contributed by atoms with Crippen molar-refractivity contribution in [2.24, 2.45) is 0 Å². The second-order valence-corrected chi connectivity index (χ2v) is 5.79. The van der Waals surface area contributed by atoms with E-state index in [4.69, 9.17) is 11.6 Å². The molecule has 0 saturated heterocycles. The zero-order valence-corrected chi connectivity index (χ0v) is 13.5. The van der Waals surface area contributed by atoms with E-state index in [-0.39, 0.29) is 11.9 Å². The maximum atomic E-state index is 14.2. The Morgan fingerprint density at radius 1 is 1.14 bits per heavy atom. The van der Waals surface area contributed by atoms with Gasteiger partial charge in [-0.1, -0.05) is 42.8 Å². The lowest BCUT2D eigenvalue weighted by Gasteiger charge is -2.21. The Labute approximate surface area is 131 Å². The minimum atomic E-state index is -0.250. The zero-order chi connectivity index (χ0) is 15.4. The van der Waals surface area contributed by atoms with Crippen LogP contribution in [0, 0.1) is 19.7 Å². The first kappa shape index (κ1) is 16.0. The number of hydrogen-bond donors (Lipinski definition) is 1. The lowest BCUT2D eigenvalue weighted by Crippen LogP contribution is -2.24. The first-order valence-electron chi connectivity index (χ1n) is 7.26. The number of aryl methyl sites for hydroxylation is 2. The summed E-state index contributed by atoms with van der Waals surface area (Å²) in [5, 5.41) is 3.81. The predicted molar refractivity (Wildman–Crippen MR) is 87.4 cm³/mol. The summed E-state index contributed by atoms with van der Waals surface area (Å²) in [5.41, 5.74) is 4.43. The summed E-state index contributed by atoms with van der Waals surface area (Å²) < 4.78 is 14.2. The van der Waals surface area contributed by atoms with E-state index in [1.807, 2.05) is 6.92 Å². The monoisotopic (exact) mass is 305 g/mol. The third kappa shape index (κ3) is 3.84. The minimum absolute atomic E-state index is 0.0490. The summed E-state index contributed by atoms with van der Waals surface area (Å²) >= 11 is 5.85. The molecule has 1 atom stereocenters. The molecule has 1 unspecified atom stereocenters. The Morgan fingerprint density at radius 2 is 1.81 bits per heavy atom. The van der Waals surface area contributed by atoms with Gasteiger partial charge in [0.15, 0.2) is 0 Å². The molecule has 3 heteroatoms. The van der Waals surface area contributed by atoms with E-state index in [0.717, 1.165) is 13.0 Å². The van der Waals surface area contributed by atoms with Gasteiger partial charge in [-0.2, -0.15) is 0 Å². The number of hydrogen-bond acceptors (Lipinski definition) is 1. The fourth-order valence-corrected chi connectivity index (χ4v) is 2.86. The van der Waals surface area contributed by atoms with Crippen LogP contribution in [0.5, 0.6) is 0 Å². The second kappa shape index (κ2) is 7.06. The molecular formula is C18H21ClFN. The highest BCUT2D eigenvalue weighted by atomic mass is 35.5. The van der Waals surface area contributed by atoms with E-state index >= 15 is 0 Å². The normalized spacial score (nSPS) is 12.4. The Bertz CT molecular complexity index is 604. The first-order chi connectivity index (χ1) is 10.0. The average molecular weight is 306 g/mol. The Balaban J connectivity index is 2.35. The Morgan fingerprint density at radius 3 is 2.38 bits per heavy atom. The Hall–Kier alpha value is -1.38. The van der Waals surface area contributed by atoms with E-state index in [0.29, 0.717) is 10.6 Å². The summed E-state index contributed by atoms with van der Waals surface area (Å²) in [6, 6.07) is 11.1. The summed E-state index contributed by atoms with van der Waals surface area (Å²) in [4.78, 5) is 0. The molecule has 0 saturated carbocycles. The van der Waals surface area contributed by atoms with Gasteiger partial charge in [0, 0.05) is 16.6 Å². The van der Waals surface area contributed by atoms with Crippen LogP contribution in [0.4, 0.5) is 4.39 Å². The molecule has 0 bridgehead atoms. The van der Waals surface area contributed by atoms with Gasteiger partial charge >= 0.3 is 0 Å². The van der Waals surface area contributed by atoms with Crippen molar-refractivity contribution in [1.82, 2.24) is 5.32 Å². The summed E-state index contributed by atoms with van der Waals surface area (Å²) in [5.74, 6) is -0.250. The van der Waals surface area contributed by atoms with Crippen LogP contribution in [0.25, 0.3) is 0 Å². The second-order valence-electron chi connectivity index (χ2n) is 5.35. The number of nitrogens with one attached hydrogen (secondary N) is 1. The lowest BCUT2D eigenvalue weighted by molar-refractivity contribution is 0.508. The van der Waals surface area contributed by atoms with Gasteiger partial charge in [0.05, 0.1) is 0 Å². The van der Waals surface area contributed by atoms with E-state index in [1.165, 1.54) is 22.8 Å². The minimum Gasteiger partial charge on any atom is -0.310 e. The smallest absolute Gasteiger partial charge is 0.129 e. The molecule has 0 heterocycles. The highest BCUT2D eigenvalue weighted by molar-refractivity contribution is 6.30. The van der Waals surface area contributed by atoms with Crippen LogP contribution in [-0.4, -0.2) is 6.54 Å². The summed E-state index contributed by atoms with van der Waals surface area (Å²) in [7, 11) is 0. The van der Waals surface area contributed by atoms with Crippen LogP contribution in [0.2, 0.25) is 5.02 Å². The molecule has 2 rings (SSSR count). The zero-order valence-electron chi connectivity index (χ0n) is 12.7. The molecule has 21 heavy (non-hydrogen) atoms. The fourth-order valence-electron chi connectivity index (χ4n) is 2.70. The van der Waals surface area contributed by atoms with Gasteiger partial charge < -0.3 is 5.32 Å². The van der Waals surface area contributed by atoms with E-state index < -0.39 is 0 Å². The van der Waals surface area contributed by atoms with Crippen molar-refractivity contribution >= 4 is 11.6 Å². The number of benzene rings is 2. The first-order valence-corrected chi connectivity index (χ1v) is 7.64. The van der Waals surface area contributed by atoms with Crippen molar-refractivity contribution in [3.05, 3.63) is 69.5 Å². The number of halogens is 2. The molecule has 0 spiro atoms. The SMILES string of the molecule is CCNC(Cc1c(C)cccc1C)c1ccc(Cl)cc1F. The quantitative estimate of drug-likeness (QED) is 0.820. The molecule has 0 fully saturated rings. The molecule has 0 amide bonds. The van der Waals surface area contributed by atoms with E-state index in [1.54, 1.807) is 12.1 Å². The van der Waals surface area contributed by atoms with Crippen molar-refractivity contribution in [2.75, 3.05) is 6.54 Å². The van der Waals surface area contributed by atoms with Crippen LogP contribution in [-0.2, 0) is 6.42 Å². The standard InChI is InChI=1S/C18H21ClFN/c1-4-21-18(15-9-8-14(19)10-17(15)20)11-16-12(2)6-5-7-13(16)3/h5-10,18,21H,4,11H2,1-3H3. The highest BCUT2D eigenvalue weighted by Gasteiger charge is 2.17. The van der Waals surface area contributed by atoms with Crippen LogP contribution in [0.15, 0.2) is 36.4 Å². The largest absolute Gasteiger partial charge is 0.310 e. The van der Waals surface area contributed by atoms with Crippen LogP contribution < -0.4 is 5.32 Å². The highest BCUT2D eigenvalue weighted by Crippen LogP contribution is 2.26. The third-order valence-corrected chi connectivity index (χ3v) is 4.08. The molecule has 2 aromatic carbocycles. The van der Waals surface area contributed by atoms with Gasteiger partial charge in [-0.05, 0) is 55.6 Å². The van der Waals surface area contributed by atoms with Gasteiger partial charge in [0.1, 0.15) is 5.82 Å². The van der Waals surface area contributed by atoms with E-state index in [9.17, 15) is 4.39 Å². The molecule has 0 aromatic heterocycles. The van der Waals surface area contributed by atoms with Gasteiger partial charge in [0.25, 0.3) is 0 Å². The maximum Gasteiger partial charge on any atom is 0.129 e. The molecule has 1 nitrogen and oxygen atoms in total. The molecule has 1 N–H and O–H groups in total. The molecule has 0 radical (unpaired) electrons. The van der Waals surface area contributed by atoms with Gasteiger partial charge in [0.2, 0.25) is 0 Å². The lowest BCUT2D eigenvalue weighted by atomic mass is 9.92. The summed E-state index contributed by atoms with van der Waals surface area (Å²) in [6.45, 7) is 7.02. The predicted octanol–water partition coefficient (Wildman–Crippen LogP) is 4.99. The Kier molecular flexibility index (Phi) is 5.38. The molecule has 112 valence electrons. The molecule has 0 aliphatic heterocycles. The van der Waals surface area contributed by atoms with Crippen LogP contribution in [0.3, 0.4) is 0 Å². The topological polar surface area (TPSA) is 12.0 Å². The van der Waals surface area contributed by atoms with Gasteiger partial charge in [-0.3, -0.25) is 0 Å². The van der Waals surface area contributed by atoms with E-state index in [2.05, 4.69) is 37.4 Å². The van der Waals surface area contributed by atoms with Crippen LogP contribution >= 0.6 is 11.6 Å². The van der Waals surface area contributed by atoms with Gasteiger partial charge in [-0.25, -0.2) is 4.39 Å². The number of rotatable bonds is 5. The summed E-state index contributed by atoms with van der Waals surface area (Å²) in [6.07, 6.45) is 0.769. The van der Waals surface area contributed by atoms with Crippen molar-refractivity contribution < 1.29 is 4.39 Å². The van der Waals surface area contributed by atoms with Crippen molar-refractivity contribution in [3.63, 3.8) is 0 Å². The number of likely N-dealkylation sites (N-methyl/N-ethyl adjacent to an activating group) is 1. The molecular weight excluding hydrogens is 285 g/mol. The maximum absolute atomic E-state index is 14.2. The van der Waals surface area contributed by atoms with Crippen LogP contribution in [0.1, 0.15) is 35.2 Å². The average Bonchev–Trinajstić information content (AvgIpc) is 2.42. The fraction of sp³-hybridized carbons (Fsp3) is 0.333.